The normalized spacial score (nSPS) is 23.2. The maximum absolute atomic E-state index is 12.6. The molecular formula is C10H12F3N3O3. The van der Waals surface area contributed by atoms with Gasteiger partial charge in [-0.05, 0) is 19.8 Å². The summed E-state index contributed by atoms with van der Waals surface area (Å²) in [6.45, 7) is 2.36. The first-order valence-electron chi connectivity index (χ1n) is 5.75. The smallest absolute Gasteiger partial charge is 0.378 e. The van der Waals surface area contributed by atoms with Crippen molar-refractivity contribution < 1.29 is 22.8 Å². The van der Waals surface area contributed by atoms with Gasteiger partial charge in [0.2, 0.25) is 5.69 Å². The van der Waals surface area contributed by atoms with Crippen LogP contribution in [-0.4, -0.2) is 27.4 Å². The van der Waals surface area contributed by atoms with Crippen molar-refractivity contribution in [3.8, 4) is 0 Å². The minimum atomic E-state index is -4.82. The number of halogens is 3. The molecule has 106 valence electrons. The molecule has 1 heterocycles. The molecule has 1 aromatic heterocycles. The van der Waals surface area contributed by atoms with Crippen molar-refractivity contribution in [1.82, 2.24) is 9.78 Å². The van der Waals surface area contributed by atoms with E-state index >= 15 is 0 Å². The highest BCUT2D eigenvalue weighted by molar-refractivity contribution is 5.35. The van der Waals surface area contributed by atoms with Crippen LogP contribution in [0.1, 0.15) is 31.5 Å². The van der Waals surface area contributed by atoms with E-state index in [-0.39, 0.29) is 12.1 Å². The highest BCUT2D eigenvalue weighted by atomic mass is 19.4. The van der Waals surface area contributed by atoms with Crippen molar-refractivity contribution in [2.45, 2.75) is 38.1 Å². The summed E-state index contributed by atoms with van der Waals surface area (Å²) in [6, 6.07) is -0.272. The number of nitro groups is 1. The zero-order chi connectivity index (χ0) is 14.2. The third-order valence-corrected chi connectivity index (χ3v) is 3.02. The SMILES string of the molecule is CCOC1CC(n2cc([N+](=O)[O-])c(C(F)(F)F)n2)C1. The largest absolute Gasteiger partial charge is 0.442 e. The first-order chi connectivity index (χ1) is 8.82. The third kappa shape index (κ3) is 2.70. The van der Waals surface area contributed by atoms with Crippen molar-refractivity contribution in [2.75, 3.05) is 6.61 Å². The van der Waals surface area contributed by atoms with Crippen LogP contribution in [0, 0.1) is 10.1 Å². The van der Waals surface area contributed by atoms with Crippen LogP contribution >= 0.6 is 0 Å². The number of aromatic nitrogens is 2. The fourth-order valence-electron chi connectivity index (χ4n) is 2.03. The lowest BCUT2D eigenvalue weighted by Crippen LogP contribution is -2.33. The van der Waals surface area contributed by atoms with E-state index in [0.717, 1.165) is 10.9 Å². The van der Waals surface area contributed by atoms with Gasteiger partial charge in [-0.25, -0.2) is 0 Å². The average Bonchev–Trinajstić information content (AvgIpc) is 2.66. The monoisotopic (exact) mass is 279 g/mol. The Labute approximate surface area is 106 Å². The zero-order valence-corrected chi connectivity index (χ0v) is 10.1. The predicted molar refractivity (Wildman–Crippen MR) is 57.6 cm³/mol. The number of nitrogens with zero attached hydrogens (tertiary/aromatic N) is 3. The number of rotatable bonds is 4. The van der Waals surface area contributed by atoms with Crippen LogP contribution in [-0.2, 0) is 10.9 Å². The molecule has 0 unspecified atom stereocenters. The minimum Gasteiger partial charge on any atom is -0.378 e. The molecule has 0 aliphatic heterocycles. The summed E-state index contributed by atoms with van der Waals surface area (Å²) in [5.74, 6) is 0. The van der Waals surface area contributed by atoms with Crippen molar-refractivity contribution in [2.24, 2.45) is 0 Å². The van der Waals surface area contributed by atoms with Gasteiger partial charge < -0.3 is 4.74 Å². The van der Waals surface area contributed by atoms with E-state index in [1.165, 1.54) is 0 Å². The van der Waals surface area contributed by atoms with Crippen LogP contribution in [0.2, 0.25) is 0 Å². The molecule has 1 aliphatic carbocycles. The van der Waals surface area contributed by atoms with Crippen LogP contribution in [0.5, 0.6) is 0 Å². The number of hydrogen-bond donors (Lipinski definition) is 0. The van der Waals surface area contributed by atoms with E-state index in [1.807, 2.05) is 6.92 Å². The standard InChI is InChI=1S/C10H12F3N3O3/c1-2-19-7-3-6(4-7)15-5-8(16(17)18)9(14-15)10(11,12)13/h5-7H,2-4H2,1H3. The first-order valence-corrected chi connectivity index (χ1v) is 5.75. The second kappa shape index (κ2) is 4.80. The Bertz CT molecular complexity index is 480. The Morgan fingerprint density at radius 1 is 1.58 bits per heavy atom. The Hall–Kier alpha value is -1.64. The second-order valence-electron chi connectivity index (χ2n) is 4.30. The lowest BCUT2D eigenvalue weighted by atomic mass is 9.89. The van der Waals surface area contributed by atoms with Crippen LogP contribution in [0.4, 0.5) is 18.9 Å². The molecule has 2 rings (SSSR count). The summed E-state index contributed by atoms with van der Waals surface area (Å²) < 4.78 is 44.1. The molecule has 0 radical (unpaired) electrons. The molecule has 0 bridgehead atoms. The lowest BCUT2D eigenvalue weighted by molar-refractivity contribution is -0.388. The van der Waals surface area contributed by atoms with Gasteiger partial charge in [0.15, 0.2) is 0 Å². The van der Waals surface area contributed by atoms with Gasteiger partial charge in [-0.3, -0.25) is 14.8 Å². The molecule has 1 fully saturated rings. The maximum Gasteiger partial charge on any atom is 0.442 e. The molecule has 6 nitrogen and oxygen atoms in total. The summed E-state index contributed by atoms with van der Waals surface area (Å²) in [6.07, 6.45) is -2.95. The molecule has 1 saturated carbocycles. The zero-order valence-electron chi connectivity index (χ0n) is 10.1. The molecule has 19 heavy (non-hydrogen) atoms. The Morgan fingerprint density at radius 3 is 2.63 bits per heavy atom. The van der Waals surface area contributed by atoms with Crippen molar-refractivity contribution in [3.63, 3.8) is 0 Å². The summed E-state index contributed by atoms with van der Waals surface area (Å²) in [7, 11) is 0. The minimum absolute atomic E-state index is 0.00686. The highest BCUT2D eigenvalue weighted by Gasteiger charge is 2.44. The molecule has 0 N–H and O–H groups in total. The summed E-state index contributed by atoms with van der Waals surface area (Å²) in [5.41, 5.74) is -2.45. The topological polar surface area (TPSA) is 70.2 Å². The summed E-state index contributed by atoms with van der Waals surface area (Å²) in [5, 5.41) is 13.9. The van der Waals surface area contributed by atoms with Crippen molar-refractivity contribution in [1.29, 1.82) is 0 Å². The molecule has 0 atom stereocenters. The van der Waals surface area contributed by atoms with Gasteiger partial charge in [0.25, 0.3) is 0 Å². The van der Waals surface area contributed by atoms with Gasteiger partial charge in [-0.2, -0.15) is 18.3 Å². The van der Waals surface area contributed by atoms with Gasteiger partial charge in [0.1, 0.15) is 6.20 Å². The molecule has 0 aromatic carbocycles. The fraction of sp³-hybridized carbons (Fsp3) is 0.700. The molecule has 0 spiro atoms. The van der Waals surface area contributed by atoms with Crippen LogP contribution in [0.25, 0.3) is 0 Å². The molecule has 9 heteroatoms. The summed E-state index contributed by atoms with van der Waals surface area (Å²) >= 11 is 0. The Balaban J connectivity index is 2.18. The van der Waals surface area contributed by atoms with Crippen LogP contribution < -0.4 is 0 Å². The fourth-order valence-corrected chi connectivity index (χ4v) is 2.03. The van der Waals surface area contributed by atoms with Crippen LogP contribution in [0.3, 0.4) is 0 Å². The number of hydrogen-bond acceptors (Lipinski definition) is 4. The maximum atomic E-state index is 12.6. The van der Waals surface area contributed by atoms with Gasteiger partial charge in [-0.15, -0.1) is 0 Å². The van der Waals surface area contributed by atoms with E-state index in [2.05, 4.69) is 5.10 Å². The second-order valence-corrected chi connectivity index (χ2v) is 4.30. The Morgan fingerprint density at radius 2 is 2.21 bits per heavy atom. The number of alkyl halides is 3. The molecule has 1 aromatic rings. The van der Waals surface area contributed by atoms with Crippen molar-refractivity contribution >= 4 is 5.69 Å². The van der Waals surface area contributed by atoms with Crippen molar-refractivity contribution in [3.05, 3.63) is 22.0 Å². The van der Waals surface area contributed by atoms with E-state index in [0.29, 0.717) is 19.4 Å². The Kier molecular flexibility index (Phi) is 3.48. The predicted octanol–water partition coefficient (Wildman–Crippen LogP) is 2.55. The van der Waals surface area contributed by atoms with E-state index in [1.54, 1.807) is 0 Å². The third-order valence-electron chi connectivity index (χ3n) is 3.02. The van der Waals surface area contributed by atoms with E-state index in [9.17, 15) is 23.3 Å². The molecular weight excluding hydrogens is 267 g/mol. The quantitative estimate of drug-likeness (QED) is 0.627. The molecule has 0 saturated heterocycles. The van der Waals surface area contributed by atoms with Crippen LogP contribution in [0.15, 0.2) is 6.20 Å². The molecule has 1 aliphatic rings. The van der Waals surface area contributed by atoms with Gasteiger partial charge in [0, 0.05) is 6.61 Å². The average molecular weight is 279 g/mol. The first kappa shape index (κ1) is 13.8. The molecule has 0 amide bonds. The lowest BCUT2D eigenvalue weighted by Gasteiger charge is -2.34. The summed E-state index contributed by atoms with van der Waals surface area (Å²) in [4.78, 5) is 9.54. The van der Waals surface area contributed by atoms with Gasteiger partial charge in [-0.1, -0.05) is 0 Å². The highest BCUT2D eigenvalue weighted by Crippen LogP contribution is 2.39. The number of ether oxygens (including phenoxy) is 1. The van der Waals surface area contributed by atoms with E-state index < -0.39 is 22.5 Å². The van der Waals surface area contributed by atoms with Gasteiger partial charge in [0.05, 0.1) is 17.1 Å². The van der Waals surface area contributed by atoms with E-state index in [4.69, 9.17) is 4.74 Å². The van der Waals surface area contributed by atoms with Gasteiger partial charge >= 0.3 is 11.9 Å².